The van der Waals surface area contributed by atoms with Gasteiger partial charge in [0.1, 0.15) is 23.2 Å². The van der Waals surface area contributed by atoms with E-state index in [0.29, 0.717) is 0 Å². The Balaban J connectivity index is 2.28. The van der Waals surface area contributed by atoms with E-state index >= 15 is 4.39 Å². The van der Waals surface area contributed by atoms with Gasteiger partial charge in [0.25, 0.3) is 10.0 Å². The largest absolute Gasteiger partial charge is 0.497 e. The van der Waals surface area contributed by atoms with Crippen LogP contribution in [0.1, 0.15) is 32.0 Å². The molecule has 0 aliphatic rings. The maximum atomic E-state index is 16.0. The zero-order valence-corrected chi connectivity index (χ0v) is 20.4. The minimum atomic E-state index is -4.35. The summed E-state index contributed by atoms with van der Waals surface area (Å²) in [5, 5.41) is 21.2. The van der Waals surface area contributed by atoms with E-state index in [2.05, 4.69) is 10.3 Å². The highest BCUT2D eigenvalue weighted by Crippen LogP contribution is 2.34. The first-order chi connectivity index (χ1) is 16.4. The maximum Gasteiger partial charge on any atom is 0.404 e. The summed E-state index contributed by atoms with van der Waals surface area (Å²) in [6, 6.07) is 9.71. The molecule has 0 saturated carbocycles. The Morgan fingerprint density at radius 1 is 1.31 bits per heavy atom. The predicted molar refractivity (Wildman–Crippen MR) is 126 cm³/mol. The van der Waals surface area contributed by atoms with Gasteiger partial charge in [0, 0.05) is 35.6 Å². The summed E-state index contributed by atoms with van der Waals surface area (Å²) in [4.78, 5) is 15.1. The average Bonchev–Trinajstić information content (AvgIpc) is 3.14. The Hall–Kier alpha value is -3.91. The molecule has 2 N–H and O–H groups in total. The van der Waals surface area contributed by atoms with Gasteiger partial charge in [0.05, 0.1) is 12.0 Å². The predicted octanol–water partition coefficient (Wildman–Crippen LogP) is 4.03. The quantitative estimate of drug-likeness (QED) is 0.500. The first kappa shape index (κ1) is 25.7. The van der Waals surface area contributed by atoms with Crippen molar-refractivity contribution >= 4 is 16.1 Å². The first-order valence-electron chi connectivity index (χ1n) is 10.5. The van der Waals surface area contributed by atoms with Gasteiger partial charge in [0.15, 0.2) is 5.82 Å². The van der Waals surface area contributed by atoms with Gasteiger partial charge in [-0.05, 0) is 36.1 Å². The van der Waals surface area contributed by atoms with Crippen LogP contribution in [0.2, 0.25) is 0 Å². The lowest BCUT2D eigenvalue weighted by molar-refractivity contribution is 0.174. The lowest BCUT2D eigenvalue weighted by atomic mass is 9.83. The third kappa shape index (κ3) is 5.27. The molecular formula is C24H25FN4O5S. The first-order valence-corrected chi connectivity index (χ1v) is 12.0. The second-order valence-corrected chi connectivity index (χ2v) is 10.7. The number of ether oxygens (including phenoxy) is 1. The number of halogens is 1. The summed E-state index contributed by atoms with van der Waals surface area (Å²) in [5.41, 5.74) is -1.17. The van der Waals surface area contributed by atoms with E-state index in [9.17, 15) is 23.6 Å². The Morgan fingerprint density at radius 2 is 2.03 bits per heavy atom. The molecule has 2 heterocycles. The highest BCUT2D eigenvalue weighted by atomic mass is 32.2. The molecule has 3 aromatic rings. The average molecular weight is 501 g/mol. The van der Waals surface area contributed by atoms with E-state index in [0.717, 1.165) is 10.2 Å². The molecule has 0 aliphatic carbocycles. The molecule has 0 spiro atoms. The fraction of sp³-hybridized carbons (Fsp3) is 0.292. The molecule has 9 nitrogen and oxygen atoms in total. The van der Waals surface area contributed by atoms with Crippen LogP contribution in [-0.4, -0.2) is 41.7 Å². The van der Waals surface area contributed by atoms with Gasteiger partial charge in [-0.25, -0.2) is 26.6 Å². The number of amides is 1. The normalized spacial score (nSPS) is 12.6. The standard InChI is InChI=1S/C24H25FN4O5S/c1-24(2,3)20(28-23(30)31)11-15-14-29(35(32,33)17-8-5-7-16(12-17)34-4)22(21(15)25)18-9-6-10-27-19(18)13-26/h5-10,12,14,20,28H,11H2,1-4H3,(H,30,31). The number of carboxylic acid groups (broad SMARTS) is 1. The number of aromatic nitrogens is 2. The van der Waals surface area contributed by atoms with Crippen LogP contribution < -0.4 is 10.1 Å². The SMILES string of the molecule is COc1cccc(S(=O)(=O)n2cc(CC(NC(=O)O)C(C)(C)C)c(F)c2-c2cccnc2C#N)c1. The lowest BCUT2D eigenvalue weighted by Crippen LogP contribution is -2.44. The maximum absolute atomic E-state index is 16.0. The minimum Gasteiger partial charge on any atom is -0.497 e. The van der Waals surface area contributed by atoms with Crippen molar-refractivity contribution in [1.29, 1.82) is 5.26 Å². The topological polar surface area (TPSA) is 134 Å². The number of nitrogens with one attached hydrogen (secondary N) is 1. The summed E-state index contributed by atoms with van der Waals surface area (Å²) in [6.07, 6.45) is 1.05. The molecule has 1 unspecified atom stereocenters. The molecule has 1 aromatic carbocycles. The van der Waals surface area contributed by atoms with Crippen LogP contribution in [0.25, 0.3) is 11.3 Å². The van der Waals surface area contributed by atoms with Crippen molar-refractivity contribution < 1.29 is 27.4 Å². The summed E-state index contributed by atoms with van der Waals surface area (Å²) in [5.74, 6) is -0.597. The summed E-state index contributed by atoms with van der Waals surface area (Å²) >= 11 is 0. The van der Waals surface area contributed by atoms with Crippen LogP contribution >= 0.6 is 0 Å². The third-order valence-electron chi connectivity index (χ3n) is 5.52. The molecule has 0 radical (unpaired) electrons. The molecule has 0 saturated heterocycles. The fourth-order valence-corrected chi connectivity index (χ4v) is 5.01. The molecule has 0 fully saturated rings. The number of nitriles is 1. The number of pyridine rings is 1. The number of hydrogen-bond donors (Lipinski definition) is 2. The summed E-state index contributed by atoms with van der Waals surface area (Å²) < 4.78 is 49.1. The van der Waals surface area contributed by atoms with E-state index in [1.807, 2.05) is 6.07 Å². The molecule has 0 aliphatic heterocycles. The summed E-state index contributed by atoms with van der Waals surface area (Å²) in [6.45, 7) is 5.35. The zero-order chi connectivity index (χ0) is 26.0. The van der Waals surface area contributed by atoms with Crippen molar-refractivity contribution in [2.75, 3.05) is 7.11 Å². The van der Waals surface area contributed by atoms with E-state index < -0.39 is 33.4 Å². The molecule has 11 heteroatoms. The van der Waals surface area contributed by atoms with Gasteiger partial charge in [-0.2, -0.15) is 5.26 Å². The van der Waals surface area contributed by atoms with Crippen LogP contribution in [0.4, 0.5) is 9.18 Å². The Morgan fingerprint density at radius 3 is 2.63 bits per heavy atom. The molecule has 3 rings (SSSR count). The zero-order valence-electron chi connectivity index (χ0n) is 19.6. The lowest BCUT2D eigenvalue weighted by Gasteiger charge is -2.30. The highest BCUT2D eigenvalue weighted by Gasteiger charge is 2.32. The number of carbonyl (C=O) groups is 1. The highest BCUT2D eigenvalue weighted by molar-refractivity contribution is 7.90. The van der Waals surface area contributed by atoms with Crippen LogP contribution in [0, 0.1) is 22.6 Å². The molecule has 2 aromatic heterocycles. The Kier molecular flexibility index (Phi) is 7.17. The van der Waals surface area contributed by atoms with Crippen molar-refractivity contribution in [3.63, 3.8) is 0 Å². The number of nitrogens with zero attached hydrogens (tertiary/aromatic N) is 3. The molecule has 1 amide bonds. The van der Waals surface area contributed by atoms with E-state index in [-0.39, 0.29) is 39.6 Å². The van der Waals surface area contributed by atoms with E-state index in [1.165, 1.54) is 43.6 Å². The summed E-state index contributed by atoms with van der Waals surface area (Å²) in [7, 11) is -2.96. The van der Waals surface area contributed by atoms with Crippen LogP contribution in [-0.2, 0) is 16.4 Å². The van der Waals surface area contributed by atoms with E-state index in [4.69, 9.17) is 4.74 Å². The Labute approximate surface area is 202 Å². The van der Waals surface area contributed by atoms with Gasteiger partial charge >= 0.3 is 6.09 Å². The van der Waals surface area contributed by atoms with Crippen molar-refractivity contribution in [2.45, 2.75) is 38.1 Å². The number of benzene rings is 1. The van der Waals surface area contributed by atoms with Gasteiger partial charge in [-0.3, -0.25) is 0 Å². The van der Waals surface area contributed by atoms with Gasteiger partial charge in [-0.15, -0.1) is 0 Å². The van der Waals surface area contributed by atoms with Crippen molar-refractivity contribution in [2.24, 2.45) is 5.41 Å². The monoisotopic (exact) mass is 500 g/mol. The van der Waals surface area contributed by atoms with Gasteiger partial charge < -0.3 is 15.2 Å². The number of hydrogen-bond acceptors (Lipinski definition) is 6. The number of methoxy groups -OCH3 is 1. The minimum absolute atomic E-state index is 0.0104. The molecule has 0 bridgehead atoms. The molecule has 184 valence electrons. The third-order valence-corrected chi connectivity index (χ3v) is 7.17. The smallest absolute Gasteiger partial charge is 0.404 e. The Bertz CT molecular complexity index is 1400. The van der Waals surface area contributed by atoms with Crippen LogP contribution in [0.5, 0.6) is 5.75 Å². The van der Waals surface area contributed by atoms with Crippen LogP contribution in [0.15, 0.2) is 53.7 Å². The van der Waals surface area contributed by atoms with Gasteiger partial charge in [-0.1, -0.05) is 26.8 Å². The van der Waals surface area contributed by atoms with Crippen molar-refractivity contribution in [1.82, 2.24) is 14.3 Å². The second-order valence-electron chi connectivity index (χ2n) is 8.88. The van der Waals surface area contributed by atoms with Gasteiger partial charge in [0.2, 0.25) is 0 Å². The van der Waals surface area contributed by atoms with Crippen molar-refractivity contribution in [3.8, 4) is 23.1 Å². The number of rotatable bonds is 7. The second kappa shape index (κ2) is 9.76. The van der Waals surface area contributed by atoms with Crippen molar-refractivity contribution in [3.05, 3.63) is 65.9 Å². The molecule has 1 atom stereocenters. The molecular weight excluding hydrogens is 475 g/mol. The molecule has 35 heavy (non-hydrogen) atoms. The van der Waals surface area contributed by atoms with E-state index in [1.54, 1.807) is 26.8 Å². The van der Waals surface area contributed by atoms with Crippen LogP contribution in [0.3, 0.4) is 0 Å². The fourth-order valence-electron chi connectivity index (χ4n) is 3.58.